The third-order valence-electron chi connectivity index (χ3n) is 3.31. The van der Waals surface area contributed by atoms with Crippen molar-refractivity contribution in [3.05, 3.63) is 47.5 Å². The summed E-state index contributed by atoms with van der Waals surface area (Å²) in [6.45, 7) is 6.59. The van der Waals surface area contributed by atoms with Crippen molar-refractivity contribution >= 4 is 11.6 Å². The third kappa shape index (κ3) is 6.26. The van der Waals surface area contributed by atoms with E-state index in [9.17, 15) is 0 Å². The minimum atomic E-state index is 0.308. The lowest BCUT2D eigenvalue weighted by Crippen LogP contribution is -2.07. The van der Waals surface area contributed by atoms with Crippen molar-refractivity contribution in [2.75, 3.05) is 0 Å². The van der Waals surface area contributed by atoms with Gasteiger partial charge >= 0.3 is 0 Å². The molecule has 1 rings (SSSR count). The fourth-order valence-electron chi connectivity index (χ4n) is 1.93. The maximum absolute atomic E-state index is 6.26. The molecular formula is C17H25Cl. The van der Waals surface area contributed by atoms with Gasteiger partial charge in [0.2, 0.25) is 0 Å². The number of allylic oxidation sites excluding steroid dienone is 2. The van der Waals surface area contributed by atoms with Crippen molar-refractivity contribution in [3.8, 4) is 0 Å². The molecule has 0 radical (unpaired) electrons. The summed E-state index contributed by atoms with van der Waals surface area (Å²) in [5, 5.41) is 0.308. The first kappa shape index (κ1) is 15.3. The molecule has 1 aromatic rings. The number of alkyl halides is 1. The van der Waals surface area contributed by atoms with Gasteiger partial charge in [-0.25, -0.2) is 0 Å². The lowest BCUT2D eigenvalue weighted by atomic mass is 10.0. The van der Waals surface area contributed by atoms with Crippen molar-refractivity contribution in [1.82, 2.24) is 0 Å². The van der Waals surface area contributed by atoms with Crippen molar-refractivity contribution in [2.45, 2.75) is 51.8 Å². The molecule has 100 valence electrons. The number of halogens is 1. The SMILES string of the molecule is CC(=CCCc1ccccc1)CCC(Cl)C(C)C. The maximum atomic E-state index is 6.26. The highest BCUT2D eigenvalue weighted by molar-refractivity contribution is 6.20. The van der Waals surface area contributed by atoms with Crippen LogP contribution in [0.4, 0.5) is 0 Å². The molecule has 0 bridgehead atoms. The molecular weight excluding hydrogens is 240 g/mol. The Hall–Kier alpha value is -0.750. The monoisotopic (exact) mass is 264 g/mol. The Labute approximate surface area is 117 Å². The van der Waals surface area contributed by atoms with Gasteiger partial charge in [-0.05, 0) is 44.1 Å². The largest absolute Gasteiger partial charge is 0.123 e. The molecule has 0 aliphatic rings. The molecule has 1 aromatic carbocycles. The second-order valence-corrected chi connectivity index (χ2v) is 5.93. The van der Waals surface area contributed by atoms with E-state index in [0.717, 1.165) is 25.7 Å². The molecule has 0 N–H and O–H groups in total. The quantitative estimate of drug-likeness (QED) is 0.444. The predicted octanol–water partition coefficient (Wildman–Crippen LogP) is 5.61. The third-order valence-corrected chi connectivity index (χ3v) is 4.03. The molecule has 0 amide bonds. The first-order valence-corrected chi connectivity index (χ1v) is 7.37. The Morgan fingerprint density at radius 2 is 1.89 bits per heavy atom. The van der Waals surface area contributed by atoms with Gasteiger partial charge in [0.15, 0.2) is 0 Å². The fraction of sp³-hybridized carbons (Fsp3) is 0.529. The average molecular weight is 265 g/mol. The van der Waals surface area contributed by atoms with Gasteiger partial charge < -0.3 is 0 Å². The molecule has 1 unspecified atom stereocenters. The van der Waals surface area contributed by atoms with Gasteiger partial charge in [0.1, 0.15) is 0 Å². The van der Waals surface area contributed by atoms with Crippen molar-refractivity contribution in [3.63, 3.8) is 0 Å². The Balaban J connectivity index is 2.26. The summed E-state index contributed by atoms with van der Waals surface area (Å²) in [5.74, 6) is 0.573. The summed E-state index contributed by atoms with van der Waals surface area (Å²) >= 11 is 6.26. The van der Waals surface area contributed by atoms with Crippen LogP contribution < -0.4 is 0 Å². The minimum absolute atomic E-state index is 0.308. The van der Waals surface area contributed by atoms with E-state index in [1.54, 1.807) is 0 Å². The topological polar surface area (TPSA) is 0 Å². The van der Waals surface area contributed by atoms with E-state index < -0.39 is 0 Å². The van der Waals surface area contributed by atoms with Crippen LogP contribution in [0, 0.1) is 5.92 Å². The van der Waals surface area contributed by atoms with E-state index in [2.05, 4.69) is 57.2 Å². The van der Waals surface area contributed by atoms with Crippen LogP contribution in [0.15, 0.2) is 42.0 Å². The van der Waals surface area contributed by atoms with Crippen LogP contribution in [-0.2, 0) is 6.42 Å². The maximum Gasteiger partial charge on any atom is 0.0362 e. The zero-order valence-corrected chi connectivity index (χ0v) is 12.6. The van der Waals surface area contributed by atoms with Gasteiger partial charge in [-0.15, -0.1) is 11.6 Å². The molecule has 1 atom stereocenters. The average Bonchev–Trinajstić information content (AvgIpc) is 2.37. The zero-order chi connectivity index (χ0) is 13.4. The van der Waals surface area contributed by atoms with Crippen LogP contribution >= 0.6 is 11.6 Å². The fourth-order valence-corrected chi connectivity index (χ4v) is 2.04. The van der Waals surface area contributed by atoms with E-state index in [4.69, 9.17) is 11.6 Å². The molecule has 0 aromatic heterocycles. The second kappa shape index (κ2) is 8.37. The summed E-state index contributed by atoms with van der Waals surface area (Å²) in [6.07, 6.45) is 6.84. The van der Waals surface area contributed by atoms with Gasteiger partial charge in [-0.2, -0.15) is 0 Å². The van der Waals surface area contributed by atoms with Crippen LogP contribution in [-0.4, -0.2) is 5.38 Å². The molecule has 0 fully saturated rings. The van der Waals surface area contributed by atoms with Crippen LogP contribution in [0.1, 0.15) is 45.6 Å². The number of rotatable bonds is 7. The summed E-state index contributed by atoms with van der Waals surface area (Å²) in [5.41, 5.74) is 2.89. The number of benzene rings is 1. The number of hydrogen-bond donors (Lipinski definition) is 0. The van der Waals surface area contributed by atoms with E-state index in [-0.39, 0.29) is 0 Å². The summed E-state index contributed by atoms with van der Waals surface area (Å²) in [4.78, 5) is 0. The normalized spacial score (nSPS) is 13.9. The standard InChI is InChI=1S/C17H25Cl/c1-14(2)17(18)13-12-15(3)8-7-11-16-9-5-4-6-10-16/h4-6,8-10,14,17H,7,11-13H2,1-3H3. The summed E-state index contributed by atoms with van der Waals surface area (Å²) in [6, 6.07) is 10.7. The first-order chi connectivity index (χ1) is 8.59. The second-order valence-electron chi connectivity index (χ2n) is 5.37. The van der Waals surface area contributed by atoms with E-state index in [0.29, 0.717) is 11.3 Å². The Bertz CT molecular complexity index is 351. The Morgan fingerprint density at radius 3 is 2.50 bits per heavy atom. The van der Waals surface area contributed by atoms with Crippen molar-refractivity contribution < 1.29 is 0 Å². The van der Waals surface area contributed by atoms with Gasteiger partial charge in [0, 0.05) is 5.38 Å². The van der Waals surface area contributed by atoms with E-state index >= 15 is 0 Å². The van der Waals surface area contributed by atoms with Crippen LogP contribution in [0.5, 0.6) is 0 Å². The van der Waals surface area contributed by atoms with E-state index in [1.807, 2.05) is 0 Å². The molecule has 1 heteroatoms. The van der Waals surface area contributed by atoms with Gasteiger partial charge in [0.25, 0.3) is 0 Å². The summed E-state index contributed by atoms with van der Waals surface area (Å²) < 4.78 is 0. The molecule has 0 saturated carbocycles. The molecule has 0 heterocycles. The number of aryl methyl sites for hydroxylation is 1. The molecule has 0 aliphatic heterocycles. The molecule has 0 nitrogen and oxygen atoms in total. The smallest absolute Gasteiger partial charge is 0.0362 e. The lowest BCUT2D eigenvalue weighted by molar-refractivity contribution is 0.564. The Morgan fingerprint density at radius 1 is 1.22 bits per heavy atom. The highest BCUT2D eigenvalue weighted by Crippen LogP contribution is 2.18. The van der Waals surface area contributed by atoms with Crippen LogP contribution in [0.3, 0.4) is 0 Å². The predicted molar refractivity (Wildman–Crippen MR) is 82.2 cm³/mol. The highest BCUT2D eigenvalue weighted by Gasteiger charge is 2.08. The van der Waals surface area contributed by atoms with Crippen LogP contribution in [0.2, 0.25) is 0 Å². The van der Waals surface area contributed by atoms with Gasteiger partial charge in [0.05, 0.1) is 0 Å². The number of hydrogen-bond acceptors (Lipinski definition) is 0. The molecule has 0 spiro atoms. The van der Waals surface area contributed by atoms with Crippen molar-refractivity contribution in [1.29, 1.82) is 0 Å². The lowest BCUT2D eigenvalue weighted by Gasteiger charge is -2.12. The Kier molecular flexibility index (Phi) is 7.12. The molecule has 18 heavy (non-hydrogen) atoms. The zero-order valence-electron chi connectivity index (χ0n) is 11.8. The molecule has 0 aliphatic carbocycles. The van der Waals surface area contributed by atoms with Gasteiger partial charge in [-0.1, -0.05) is 55.8 Å². The van der Waals surface area contributed by atoms with Crippen LogP contribution in [0.25, 0.3) is 0 Å². The molecule has 0 saturated heterocycles. The minimum Gasteiger partial charge on any atom is -0.123 e. The first-order valence-electron chi connectivity index (χ1n) is 6.93. The highest BCUT2D eigenvalue weighted by atomic mass is 35.5. The van der Waals surface area contributed by atoms with Gasteiger partial charge in [-0.3, -0.25) is 0 Å². The van der Waals surface area contributed by atoms with Crippen molar-refractivity contribution in [2.24, 2.45) is 5.92 Å². The summed E-state index contributed by atoms with van der Waals surface area (Å²) in [7, 11) is 0. The van der Waals surface area contributed by atoms with E-state index in [1.165, 1.54) is 11.1 Å².